The van der Waals surface area contributed by atoms with Crippen molar-refractivity contribution < 1.29 is 17.9 Å². The van der Waals surface area contributed by atoms with E-state index in [1.165, 1.54) is 31.4 Å². The van der Waals surface area contributed by atoms with Crippen LogP contribution in [-0.2, 0) is 16.6 Å². The second-order valence-electron chi connectivity index (χ2n) is 14.3. The SMILES string of the molecule is Cc1cccc(C)c1-c1cc2nc(n1)NS(=O)(=O)c1cccc(c1)C(=O)N(Cc1ccc(C3CCCCC3)nn1)[C@H](CC(C)(C)C)CO2. The summed E-state index contributed by atoms with van der Waals surface area (Å²) in [5.41, 5.74) is 5.08. The molecule has 2 aromatic heterocycles. The maximum absolute atomic E-state index is 14.4. The Balaban J connectivity index is 1.43. The molecule has 4 bridgehead atoms. The van der Waals surface area contributed by atoms with Gasteiger partial charge < -0.3 is 9.64 Å². The van der Waals surface area contributed by atoms with Crippen LogP contribution in [0.25, 0.3) is 11.3 Å². The lowest BCUT2D eigenvalue weighted by molar-refractivity contribution is 0.0508. The zero-order chi connectivity index (χ0) is 34.1. The van der Waals surface area contributed by atoms with Gasteiger partial charge in [-0.2, -0.15) is 15.2 Å². The maximum Gasteiger partial charge on any atom is 0.264 e. The molecule has 0 spiro atoms. The number of benzene rings is 2. The number of hydrogen-bond acceptors (Lipinski definition) is 8. The Morgan fingerprint density at radius 2 is 1.65 bits per heavy atom. The van der Waals surface area contributed by atoms with Crippen LogP contribution in [-0.4, -0.2) is 52.0 Å². The third-order valence-electron chi connectivity index (χ3n) is 9.13. The number of carbonyl (C=O) groups excluding carboxylic acids is 1. The van der Waals surface area contributed by atoms with Gasteiger partial charge in [-0.05, 0) is 80.0 Å². The summed E-state index contributed by atoms with van der Waals surface area (Å²) in [4.78, 5) is 25.2. The van der Waals surface area contributed by atoms with E-state index in [-0.39, 0.29) is 46.8 Å². The summed E-state index contributed by atoms with van der Waals surface area (Å²) in [6, 6.07) is 17.3. The van der Waals surface area contributed by atoms with E-state index in [0.717, 1.165) is 35.2 Å². The molecule has 6 rings (SSSR count). The Morgan fingerprint density at radius 3 is 2.33 bits per heavy atom. The minimum atomic E-state index is -4.16. The molecule has 48 heavy (non-hydrogen) atoms. The molecule has 4 aromatic rings. The number of carbonyl (C=O) groups is 1. The van der Waals surface area contributed by atoms with Crippen LogP contribution < -0.4 is 9.46 Å². The number of ether oxygens (including phenoxy) is 1. The summed E-state index contributed by atoms with van der Waals surface area (Å²) in [5.74, 6) is 0.184. The van der Waals surface area contributed by atoms with Crippen molar-refractivity contribution in [3.05, 3.63) is 88.7 Å². The molecule has 1 atom stereocenters. The zero-order valence-corrected chi connectivity index (χ0v) is 29.2. The van der Waals surface area contributed by atoms with Crippen LogP contribution in [0.1, 0.15) is 98.1 Å². The predicted octanol–water partition coefficient (Wildman–Crippen LogP) is 7.24. The first-order valence-electron chi connectivity index (χ1n) is 16.7. The molecule has 10 nitrogen and oxygen atoms in total. The Bertz CT molecular complexity index is 1880. The summed E-state index contributed by atoms with van der Waals surface area (Å²) < 4.78 is 36.3. The van der Waals surface area contributed by atoms with E-state index < -0.39 is 16.1 Å². The number of nitrogens with zero attached hydrogens (tertiary/aromatic N) is 5. The molecule has 0 unspecified atom stereocenters. The van der Waals surface area contributed by atoms with Gasteiger partial charge in [0.1, 0.15) is 6.61 Å². The van der Waals surface area contributed by atoms with Gasteiger partial charge >= 0.3 is 0 Å². The molecule has 1 aliphatic heterocycles. The summed E-state index contributed by atoms with van der Waals surface area (Å²) in [6.07, 6.45) is 6.51. The Hall–Kier alpha value is -4.38. The first-order chi connectivity index (χ1) is 22.9. The summed E-state index contributed by atoms with van der Waals surface area (Å²) in [7, 11) is -4.16. The van der Waals surface area contributed by atoms with Crippen molar-refractivity contribution in [2.24, 2.45) is 5.41 Å². The second kappa shape index (κ2) is 13.6. The van der Waals surface area contributed by atoms with Crippen molar-refractivity contribution >= 4 is 21.9 Å². The smallest absolute Gasteiger partial charge is 0.264 e. The number of fused-ring (bicyclic) bond motifs is 4. The largest absolute Gasteiger partial charge is 0.475 e. The predicted molar refractivity (Wildman–Crippen MR) is 185 cm³/mol. The zero-order valence-electron chi connectivity index (χ0n) is 28.4. The van der Waals surface area contributed by atoms with Crippen LogP contribution in [0.3, 0.4) is 0 Å². The van der Waals surface area contributed by atoms with Crippen molar-refractivity contribution in [1.29, 1.82) is 0 Å². The molecule has 2 aliphatic rings. The molecule has 1 N–H and O–H groups in total. The van der Waals surface area contributed by atoms with Gasteiger partial charge in [0.05, 0.1) is 34.6 Å². The quantitative estimate of drug-likeness (QED) is 0.236. The van der Waals surface area contributed by atoms with Gasteiger partial charge in [0.2, 0.25) is 11.8 Å². The normalized spacial score (nSPS) is 18.6. The lowest BCUT2D eigenvalue weighted by atomic mass is 9.87. The fourth-order valence-electron chi connectivity index (χ4n) is 6.79. The van der Waals surface area contributed by atoms with Gasteiger partial charge in [-0.1, -0.05) is 64.3 Å². The number of amides is 1. The monoisotopic (exact) mass is 668 g/mol. The van der Waals surface area contributed by atoms with Crippen molar-refractivity contribution in [2.75, 3.05) is 11.3 Å². The third-order valence-corrected chi connectivity index (χ3v) is 10.5. The summed E-state index contributed by atoms with van der Waals surface area (Å²) >= 11 is 0. The third kappa shape index (κ3) is 7.67. The van der Waals surface area contributed by atoms with Gasteiger partial charge in [0, 0.05) is 23.1 Å². The van der Waals surface area contributed by atoms with E-state index in [1.807, 2.05) is 44.2 Å². The van der Waals surface area contributed by atoms with E-state index in [1.54, 1.807) is 23.1 Å². The topological polar surface area (TPSA) is 127 Å². The number of nitrogens with one attached hydrogen (secondary N) is 1. The van der Waals surface area contributed by atoms with E-state index in [2.05, 4.69) is 45.7 Å². The molecular weight excluding hydrogens is 625 g/mol. The lowest BCUT2D eigenvalue weighted by Crippen LogP contribution is -2.45. The molecule has 11 heteroatoms. The van der Waals surface area contributed by atoms with Gasteiger partial charge in [-0.3, -0.25) is 4.79 Å². The lowest BCUT2D eigenvalue weighted by Gasteiger charge is -2.35. The first kappa shape index (κ1) is 33.5. The fourth-order valence-corrected chi connectivity index (χ4v) is 7.78. The number of rotatable bonds is 5. The van der Waals surface area contributed by atoms with Crippen LogP contribution in [0.2, 0.25) is 0 Å². The molecule has 252 valence electrons. The molecular formula is C37H44N6O4S. The standard InChI is InChI=1S/C37H44N6O4S/c1-24-11-9-12-25(2)34(24)32-20-33-39-36(38-32)42-48(45,46)30-16-10-15-27(19-30)35(44)43(29(23-47-33)21-37(3,4)5)22-28-17-18-31(41-40-28)26-13-7-6-8-14-26/h9-12,15-20,26,29H,6-8,13-14,21-23H2,1-5H3,(H,38,39,42)/t29-/m1/s1. The van der Waals surface area contributed by atoms with Crippen molar-refractivity contribution in [3.63, 3.8) is 0 Å². The van der Waals surface area contributed by atoms with Crippen LogP contribution >= 0.6 is 0 Å². The second-order valence-corrected chi connectivity index (χ2v) is 15.9. The maximum atomic E-state index is 14.4. The highest BCUT2D eigenvalue weighted by Crippen LogP contribution is 2.33. The van der Waals surface area contributed by atoms with E-state index >= 15 is 0 Å². The van der Waals surface area contributed by atoms with Crippen molar-refractivity contribution in [3.8, 4) is 17.1 Å². The Labute approximate surface area is 283 Å². The van der Waals surface area contributed by atoms with Gasteiger partial charge in [0.15, 0.2) is 0 Å². The first-order valence-corrected chi connectivity index (χ1v) is 18.2. The Kier molecular flexibility index (Phi) is 9.51. The summed E-state index contributed by atoms with van der Waals surface area (Å²) in [6.45, 7) is 10.6. The van der Waals surface area contributed by atoms with E-state index in [4.69, 9.17) is 4.74 Å². The molecule has 0 saturated heterocycles. The summed E-state index contributed by atoms with van der Waals surface area (Å²) in [5, 5.41) is 9.18. The van der Waals surface area contributed by atoms with E-state index in [0.29, 0.717) is 23.7 Å². The molecule has 1 aliphatic carbocycles. The molecule has 2 aromatic carbocycles. The van der Waals surface area contributed by atoms with Crippen LogP contribution in [0.5, 0.6) is 5.88 Å². The van der Waals surface area contributed by atoms with Gasteiger partial charge in [0.25, 0.3) is 15.9 Å². The molecule has 3 heterocycles. The minimum Gasteiger partial charge on any atom is -0.475 e. The Morgan fingerprint density at radius 1 is 0.917 bits per heavy atom. The average molecular weight is 669 g/mol. The fraction of sp³-hybridized carbons (Fsp3) is 0.432. The highest BCUT2D eigenvalue weighted by molar-refractivity contribution is 7.92. The van der Waals surface area contributed by atoms with Crippen LogP contribution in [0, 0.1) is 19.3 Å². The van der Waals surface area contributed by atoms with Crippen molar-refractivity contribution in [2.45, 2.75) is 96.5 Å². The van der Waals surface area contributed by atoms with Crippen LogP contribution in [0.4, 0.5) is 5.95 Å². The number of aryl methyl sites for hydroxylation is 2. The molecule has 0 radical (unpaired) electrons. The number of anilines is 1. The molecule has 1 saturated carbocycles. The number of aromatic nitrogens is 4. The van der Waals surface area contributed by atoms with Crippen molar-refractivity contribution in [1.82, 2.24) is 25.1 Å². The minimum absolute atomic E-state index is 0.0694. The number of hydrogen-bond donors (Lipinski definition) is 1. The van der Waals surface area contributed by atoms with Crippen LogP contribution in [0.15, 0.2) is 65.6 Å². The molecule has 1 fully saturated rings. The highest BCUT2D eigenvalue weighted by Gasteiger charge is 2.32. The molecule has 1 amide bonds. The average Bonchev–Trinajstić information content (AvgIpc) is 3.05. The number of sulfonamides is 1. The van der Waals surface area contributed by atoms with E-state index in [9.17, 15) is 13.2 Å². The van der Waals surface area contributed by atoms with Gasteiger partial charge in [-0.15, -0.1) is 0 Å². The highest BCUT2D eigenvalue weighted by atomic mass is 32.2. The van der Waals surface area contributed by atoms with Gasteiger partial charge in [-0.25, -0.2) is 18.1 Å².